The summed E-state index contributed by atoms with van der Waals surface area (Å²) in [4.78, 5) is 11.6. The van der Waals surface area contributed by atoms with Gasteiger partial charge in [0.05, 0.1) is 5.92 Å². The number of thiocarbonyl (C=S) groups is 1. The van der Waals surface area contributed by atoms with Gasteiger partial charge in [0.15, 0.2) is 5.05 Å². The van der Waals surface area contributed by atoms with Gasteiger partial charge in [-0.05, 0) is 50.0 Å². The smallest absolute Gasteiger partial charge is 0.313 e. The van der Waals surface area contributed by atoms with Gasteiger partial charge in [0.2, 0.25) is 0 Å². The summed E-state index contributed by atoms with van der Waals surface area (Å²) in [7, 11) is 0. The largest absolute Gasteiger partial charge is 0.461 e. The quantitative estimate of drug-likeness (QED) is 0.211. The van der Waals surface area contributed by atoms with E-state index in [4.69, 9.17) is 28.1 Å². The Labute approximate surface area is 162 Å². The van der Waals surface area contributed by atoms with Gasteiger partial charge in [-0.1, -0.05) is 43.9 Å². The molecule has 0 N–H and O–H groups in total. The van der Waals surface area contributed by atoms with E-state index in [1.54, 1.807) is 0 Å². The van der Waals surface area contributed by atoms with Gasteiger partial charge >= 0.3 is 5.97 Å². The van der Waals surface area contributed by atoms with Crippen molar-refractivity contribution in [1.82, 2.24) is 0 Å². The van der Waals surface area contributed by atoms with Crippen LogP contribution in [0.15, 0.2) is 30.3 Å². The maximum atomic E-state index is 11.6. The number of carbonyl (C=O) groups excluding carboxylic acids is 1. The molecule has 0 bridgehead atoms. The van der Waals surface area contributed by atoms with Crippen molar-refractivity contribution in [3.8, 4) is 18.1 Å². The molecule has 0 spiro atoms. The second kappa shape index (κ2) is 11.7. The lowest BCUT2D eigenvalue weighted by atomic mass is 9.87. The van der Waals surface area contributed by atoms with E-state index in [0.717, 1.165) is 70.0 Å². The number of benzene rings is 1. The van der Waals surface area contributed by atoms with E-state index in [-0.39, 0.29) is 18.0 Å². The summed E-state index contributed by atoms with van der Waals surface area (Å²) in [5.74, 6) is 3.51. The number of terminal acetylenes is 1. The topological polar surface area (TPSA) is 35.5 Å². The zero-order valence-corrected chi connectivity index (χ0v) is 16.1. The molecule has 1 aliphatic heterocycles. The van der Waals surface area contributed by atoms with Crippen LogP contribution in [0, 0.1) is 18.3 Å². The van der Waals surface area contributed by atoms with Gasteiger partial charge in [-0.25, -0.2) is 0 Å². The minimum absolute atomic E-state index is 0.0286. The zero-order chi connectivity index (χ0) is 18.6. The Morgan fingerprint density at radius 1 is 1.08 bits per heavy atom. The molecule has 0 saturated carbocycles. The van der Waals surface area contributed by atoms with Crippen LogP contribution in [0.2, 0.25) is 0 Å². The van der Waals surface area contributed by atoms with Gasteiger partial charge in [-0.3, -0.25) is 4.79 Å². The molecule has 0 aliphatic carbocycles. The van der Waals surface area contributed by atoms with Crippen LogP contribution in [0.3, 0.4) is 0 Å². The van der Waals surface area contributed by atoms with Crippen molar-refractivity contribution in [2.24, 2.45) is 5.92 Å². The standard InChI is InChI=1S/C22H28O3S/c1-2-3-8-16-20-19(22(23)25-20)15-11-5-4-6-12-17-21(26)24-18-13-9-7-10-14-18/h1,7,9-10,13-14,19-20H,3-6,8,11-12,15-17H2. The van der Waals surface area contributed by atoms with Gasteiger partial charge in [-0.15, -0.1) is 12.3 Å². The number of hydrogen-bond donors (Lipinski definition) is 0. The Hall–Kier alpha value is -1.86. The predicted molar refractivity (Wildman–Crippen MR) is 108 cm³/mol. The van der Waals surface area contributed by atoms with Gasteiger partial charge in [0.1, 0.15) is 11.9 Å². The van der Waals surface area contributed by atoms with Crippen molar-refractivity contribution < 1.29 is 14.3 Å². The molecule has 3 nitrogen and oxygen atoms in total. The fourth-order valence-corrected chi connectivity index (χ4v) is 3.44. The molecule has 26 heavy (non-hydrogen) atoms. The van der Waals surface area contributed by atoms with E-state index >= 15 is 0 Å². The SMILES string of the molecule is C#CCCCC1OC(=O)C1CCCCCCCC(=S)Oc1ccccc1. The van der Waals surface area contributed by atoms with Gasteiger partial charge in [0.25, 0.3) is 0 Å². The Kier molecular flexibility index (Phi) is 9.20. The van der Waals surface area contributed by atoms with Crippen molar-refractivity contribution in [2.45, 2.75) is 70.3 Å². The highest BCUT2D eigenvalue weighted by molar-refractivity contribution is 7.80. The van der Waals surface area contributed by atoms with Crippen molar-refractivity contribution >= 4 is 23.2 Å². The summed E-state index contributed by atoms with van der Waals surface area (Å²) in [6.07, 6.45) is 15.3. The maximum Gasteiger partial charge on any atom is 0.313 e. The summed E-state index contributed by atoms with van der Waals surface area (Å²) >= 11 is 5.28. The van der Waals surface area contributed by atoms with Crippen LogP contribution in [0.5, 0.6) is 5.75 Å². The lowest BCUT2D eigenvalue weighted by Gasteiger charge is -2.35. The number of unbranched alkanes of at least 4 members (excludes halogenated alkanes) is 5. The van der Waals surface area contributed by atoms with E-state index in [1.807, 2.05) is 30.3 Å². The third-order valence-electron chi connectivity index (χ3n) is 4.70. The first-order valence-electron chi connectivity index (χ1n) is 9.60. The molecule has 2 atom stereocenters. The molecular formula is C22H28O3S. The molecule has 0 radical (unpaired) electrons. The second-order valence-electron chi connectivity index (χ2n) is 6.77. The summed E-state index contributed by atoms with van der Waals surface area (Å²) in [6.45, 7) is 0. The average Bonchev–Trinajstić information content (AvgIpc) is 2.64. The number of hydrogen-bond acceptors (Lipinski definition) is 4. The van der Waals surface area contributed by atoms with Crippen molar-refractivity contribution in [3.05, 3.63) is 30.3 Å². The van der Waals surface area contributed by atoms with E-state index < -0.39 is 0 Å². The maximum absolute atomic E-state index is 11.6. The van der Waals surface area contributed by atoms with Crippen LogP contribution in [0.4, 0.5) is 0 Å². The second-order valence-corrected chi connectivity index (χ2v) is 7.23. The van der Waals surface area contributed by atoms with Gasteiger partial charge < -0.3 is 9.47 Å². The Balaban J connectivity index is 1.47. The van der Waals surface area contributed by atoms with Crippen molar-refractivity contribution in [3.63, 3.8) is 0 Å². The molecule has 2 unspecified atom stereocenters. The highest BCUT2D eigenvalue weighted by Crippen LogP contribution is 2.31. The molecule has 2 rings (SSSR count). The third kappa shape index (κ3) is 7.17. The lowest BCUT2D eigenvalue weighted by Crippen LogP contribution is -2.44. The first kappa shape index (κ1) is 20.5. The van der Waals surface area contributed by atoms with E-state index in [0.29, 0.717) is 5.05 Å². The van der Waals surface area contributed by atoms with Crippen LogP contribution >= 0.6 is 12.2 Å². The molecule has 1 aromatic rings. The highest BCUT2D eigenvalue weighted by atomic mass is 32.1. The summed E-state index contributed by atoms with van der Waals surface area (Å²) < 4.78 is 10.9. The van der Waals surface area contributed by atoms with Crippen LogP contribution < -0.4 is 4.74 Å². The van der Waals surface area contributed by atoms with Crippen LogP contribution in [-0.4, -0.2) is 17.1 Å². The van der Waals surface area contributed by atoms with Gasteiger partial charge in [0, 0.05) is 12.8 Å². The number of carbonyl (C=O) groups is 1. The van der Waals surface area contributed by atoms with Crippen molar-refractivity contribution in [2.75, 3.05) is 0 Å². The predicted octanol–water partition coefficient (Wildman–Crippen LogP) is 5.47. The number of rotatable bonds is 12. The molecule has 1 heterocycles. The fraction of sp³-hybridized carbons (Fsp3) is 0.545. The monoisotopic (exact) mass is 372 g/mol. The van der Waals surface area contributed by atoms with Crippen molar-refractivity contribution in [1.29, 1.82) is 0 Å². The normalized spacial score (nSPS) is 18.5. The summed E-state index contributed by atoms with van der Waals surface area (Å²) in [5, 5.41) is 0.656. The number of ether oxygens (including phenoxy) is 2. The molecule has 1 fully saturated rings. The minimum atomic E-state index is -0.0286. The molecule has 140 valence electrons. The van der Waals surface area contributed by atoms with E-state index in [2.05, 4.69) is 5.92 Å². The molecule has 4 heteroatoms. The molecule has 1 saturated heterocycles. The molecule has 1 aliphatic rings. The Morgan fingerprint density at radius 2 is 1.81 bits per heavy atom. The van der Waals surface area contributed by atoms with Crippen LogP contribution in [-0.2, 0) is 9.53 Å². The zero-order valence-electron chi connectivity index (χ0n) is 15.3. The molecule has 1 aromatic carbocycles. The Morgan fingerprint density at radius 3 is 2.54 bits per heavy atom. The average molecular weight is 373 g/mol. The summed E-state index contributed by atoms with van der Waals surface area (Å²) in [5.41, 5.74) is 0. The molecule has 0 aromatic heterocycles. The minimum Gasteiger partial charge on any atom is -0.461 e. The Bertz CT molecular complexity index is 606. The van der Waals surface area contributed by atoms with Crippen LogP contribution in [0.25, 0.3) is 0 Å². The first-order valence-corrected chi connectivity index (χ1v) is 10.0. The highest BCUT2D eigenvalue weighted by Gasteiger charge is 2.40. The third-order valence-corrected chi connectivity index (χ3v) is 4.99. The van der Waals surface area contributed by atoms with Crippen LogP contribution in [0.1, 0.15) is 64.2 Å². The first-order chi connectivity index (χ1) is 12.7. The number of cyclic esters (lactones) is 1. The lowest BCUT2D eigenvalue weighted by molar-refractivity contribution is -0.186. The van der Waals surface area contributed by atoms with E-state index in [1.165, 1.54) is 0 Å². The van der Waals surface area contributed by atoms with Gasteiger partial charge in [-0.2, -0.15) is 0 Å². The number of para-hydroxylation sites is 1. The van der Waals surface area contributed by atoms with E-state index in [9.17, 15) is 4.79 Å². The number of esters is 1. The summed E-state index contributed by atoms with van der Waals surface area (Å²) in [6, 6.07) is 9.67. The molecule has 0 amide bonds. The fourth-order valence-electron chi connectivity index (χ4n) is 3.20. The molecular weight excluding hydrogens is 344 g/mol.